The summed E-state index contributed by atoms with van der Waals surface area (Å²) in [7, 11) is 0. The number of benzene rings is 1. The van der Waals surface area contributed by atoms with Crippen molar-refractivity contribution in [3.05, 3.63) is 51.0 Å². The van der Waals surface area contributed by atoms with E-state index in [9.17, 15) is 18.0 Å². The molecule has 0 aliphatic rings. The predicted molar refractivity (Wildman–Crippen MR) is 97.9 cm³/mol. The summed E-state index contributed by atoms with van der Waals surface area (Å²) in [5, 5.41) is 3.53. The largest absolute Gasteiger partial charge is 0.433 e. The Morgan fingerprint density at radius 1 is 1.31 bits per heavy atom. The number of fused-ring (bicyclic) bond motifs is 1. The van der Waals surface area contributed by atoms with Crippen molar-refractivity contribution in [2.45, 2.75) is 20.0 Å². The van der Waals surface area contributed by atoms with Gasteiger partial charge in [0.2, 0.25) is 0 Å². The summed E-state index contributed by atoms with van der Waals surface area (Å²) in [6.07, 6.45) is -4.57. The minimum absolute atomic E-state index is 0.0720. The van der Waals surface area contributed by atoms with Crippen LogP contribution in [0, 0.1) is 13.8 Å². The minimum atomic E-state index is -4.57. The molecule has 0 aliphatic heterocycles. The zero-order chi connectivity index (χ0) is 19.2. The van der Waals surface area contributed by atoms with Gasteiger partial charge in [-0.3, -0.25) is 4.79 Å². The van der Waals surface area contributed by atoms with Crippen LogP contribution in [0.1, 0.15) is 26.5 Å². The van der Waals surface area contributed by atoms with Crippen LogP contribution in [-0.4, -0.2) is 10.9 Å². The number of rotatable bonds is 2. The lowest BCUT2D eigenvalue weighted by Gasteiger charge is -2.09. The number of thiophene rings is 1. The van der Waals surface area contributed by atoms with E-state index >= 15 is 0 Å². The summed E-state index contributed by atoms with van der Waals surface area (Å²) in [4.78, 5) is 16.4. The third kappa shape index (κ3) is 3.22. The van der Waals surface area contributed by atoms with Crippen molar-refractivity contribution >= 4 is 50.4 Å². The maximum Gasteiger partial charge on any atom is 0.433 e. The fourth-order valence-corrected chi connectivity index (χ4v) is 3.79. The Morgan fingerprint density at radius 3 is 2.65 bits per heavy atom. The average molecular weight is 400 g/mol. The Morgan fingerprint density at radius 2 is 2.00 bits per heavy atom. The fourth-order valence-electron chi connectivity index (χ4n) is 2.55. The van der Waals surface area contributed by atoms with Gasteiger partial charge in [0.15, 0.2) is 0 Å². The molecule has 0 radical (unpaired) electrons. The highest BCUT2D eigenvalue weighted by atomic mass is 35.5. The standard InChI is InChI=1S/C17H13ClF3N3OS/c1-7-6-11(17(19,20)21)24-16-12(7)13(22)14(26-16)15(25)23-10-5-3-4-9(18)8(10)2/h3-6H,22H2,1-2H3,(H,23,25). The van der Waals surface area contributed by atoms with Crippen LogP contribution < -0.4 is 11.1 Å². The number of alkyl halides is 3. The number of carbonyl (C=O) groups excluding carboxylic acids is 1. The summed E-state index contributed by atoms with van der Waals surface area (Å²) in [6.45, 7) is 3.25. The maximum absolute atomic E-state index is 13.0. The number of nitrogens with two attached hydrogens (primary N) is 1. The maximum atomic E-state index is 13.0. The van der Waals surface area contributed by atoms with E-state index in [1.54, 1.807) is 25.1 Å². The van der Waals surface area contributed by atoms with E-state index < -0.39 is 17.8 Å². The van der Waals surface area contributed by atoms with E-state index in [0.717, 1.165) is 17.4 Å². The summed E-state index contributed by atoms with van der Waals surface area (Å²) in [6, 6.07) is 5.97. The topological polar surface area (TPSA) is 68.0 Å². The van der Waals surface area contributed by atoms with E-state index in [-0.39, 0.29) is 15.4 Å². The Bertz CT molecular complexity index is 1030. The van der Waals surface area contributed by atoms with Crippen LogP contribution in [-0.2, 0) is 6.18 Å². The van der Waals surface area contributed by atoms with Crippen LogP contribution in [0.2, 0.25) is 5.02 Å². The number of aryl methyl sites for hydroxylation is 1. The summed E-state index contributed by atoms with van der Waals surface area (Å²) >= 11 is 6.85. The monoisotopic (exact) mass is 399 g/mol. The molecule has 3 rings (SSSR count). The molecule has 0 fully saturated rings. The highest BCUT2D eigenvalue weighted by Gasteiger charge is 2.34. The zero-order valence-corrected chi connectivity index (χ0v) is 15.2. The number of nitrogens with one attached hydrogen (secondary N) is 1. The van der Waals surface area contributed by atoms with Crippen molar-refractivity contribution in [2.75, 3.05) is 11.1 Å². The minimum Gasteiger partial charge on any atom is -0.397 e. The molecule has 136 valence electrons. The molecule has 4 nitrogen and oxygen atoms in total. The highest BCUT2D eigenvalue weighted by Crippen LogP contribution is 2.38. The van der Waals surface area contributed by atoms with Crippen molar-refractivity contribution in [2.24, 2.45) is 0 Å². The zero-order valence-electron chi connectivity index (χ0n) is 13.7. The van der Waals surface area contributed by atoms with E-state index in [1.807, 2.05) is 0 Å². The van der Waals surface area contributed by atoms with Gasteiger partial charge in [-0.05, 0) is 43.2 Å². The van der Waals surface area contributed by atoms with Crippen LogP contribution >= 0.6 is 22.9 Å². The van der Waals surface area contributed by atoms with Crippen LogP contribution in [0.3, 0.4) is 0 Å². The van der Waals surface area contributed by atoms with Gasteiger partial charge < -0.3 is 11.1 Å². The molecule has 3 N–H and O–H groups in total. The lowest BCUT2D eigenvalue weighted by molar-refractivity contribution is -0.141. The molecule has 2 aromatic heterocycles. The van der Waals surface area contributed by atoms with Gasteiger partial charge in [0.25, 0.3) is 5.91 Å². The van der Waals surface area contributed by atoms with Gasteiger partial charge in [0.1, 0.15) is 15.4 Å². The quantitative estimate of drug-likeness (QED) is 0.604. The first-order valence-electron chi connectivity index (χ1n) is 7.43. The van der Waals surface area contributed by atoms with Crippen LogP contribution in [0.25, 0.3) is 10.2 Å². The third-order valence-corrected chi connectivity index (χ3v) is 5.42. The van der Waals surface area contributed by atoms with Gasteiger partial charge in [0, 0.05) is 16.1 Å². The number of halogens is 4. The first-order valence-corrected chi connectivity index (χ1v) is 8.62. The van der Waals surface area contributed by atoms with E-state index in [1.165, 1.54) is 6.92 Å². The Kier molecular flexibility index (Phi) is 4.58. The number of amides is 1. The molecule has 1 aromatic carbocycles. The van der Waals surface area contributed by atoms with Crippen molar-refractivity contribution in [3.8, 4) is 0 Å². The van der Waals surface area contributed by atoms with Crippen LogP contribution in [0.4, 0.5) is 24.5 Å². The number of hydrogen-bond donors (Lipinski definition) is 2. The van der Waals surface area contributed by atoms with Crippen molar-refractivity contribution in [1.29, 1.82) is 0 Å². The van der Waals surface area contributed by atoms with Crippen molar-refractivity contribution in [1.82, 2.24) is 4.98 Å². The van der Waals surface area contributed by atoms with Crippen molar-refractivity contribution < 1.29 is 18.0 Å². The van der Waals surface area contributed by atoms with Gasteiger partial charge >= 0.3 is 6.18 Å². The molecule has 3 aromatic rings. The van der Waals surface area contributed by atoms with Gasteiger partial charge in [-0.25, -0.2) is 4.98 Å². The third-order valence-electron chi connectivity index (χ3n) is 3.91. The number of nitrogens with zero attached hydrogens (tertiary/aromatic N) is 1. The number of aromatic nitrogens is 1. The van der Waals surface area contributed by atoms with Gasteiger partial charge in [-0.2, -0.15) is 13.2 Å². The Labute approximate surface area is 155 Å². The van der Waals surface area contributed by atoms with Crippen LogP contribution in [0.15, 0.2) is 24.3 Å². The molecule has 0 bridgehead atoms. The molecule has 0 saturated carbocycles. The molecule has 0 spiro atoms. The van der Waals surface area contributed by atoms with E-state index in [2.05, 4.69) is 10.3 Å². The molecular formula is C17H13ClF3N3OS. The second-order valence-electron chi connectivity index (χ2n) is 5.71. The number of anilines is 2. The first-order chi connectivity index (χ1) is 12.1. The van der Waals surface area contributed by atoms with Gasteiger partial charge in [-0.1, -0.05) is 17.7 Å². The van der Waals surface area contributed by atoms with E-state index in [4.69, 9.17) is 17.3 Å². The smallest absolute Gasteiger partial charge is 0.397 e. The fraction of sp³-hybridized carbons (Fsp3) is 0.176. The van der Waals surface area contributed by atoms with E-state index in [0.29, 0.717) is 27.2 Å². The molecule has 26 heavy (non-hydrogen) atoms. The first kappa shape index (κ1) is 18.5. The molecule has 0 aliphatic carbocycles. The number of carbonyl (C=O) groups is 1. The molecule has 0 atom stereocenters. The normalized spacial score (nSPS) is 11.8. The lowest BCUT2D eigenvalue weighted by Crippen LogP contribution is -2.13. The second-order valence-corrected chi connectivity index (χ2v) is 7.12. The molecule has 9 heteroatoms. The number of nitrogen functional groups attached to an aromatic ring is 1. The predicted octanol–water partition coefficient (Wildman–Crippen LogP) is 5.42. The summed E-state index contributed by atoms with van der Waals surface area (Å²) < 4.78 is 38.9. The summed E-state index contributed by atoms with van der Waals surface area (Å²) in [5.74, 6) is -0.524. The Hall–Kier alpha value is -2.32. The van der Waals surface area contributed by atoms with Crippen LogP contribution in [0.5, 0.6) is 0 Å². The summed E-state index contributed by atoms with van der Waals surface area (Å²) in [5.41, 5.74) is 6.61. The average Bonchev–Trinajstić information content (AvgIpc) is 2.88. The SMILES string of the molecule is Cc1c(Cl)cccc1NC(=O)c1sc2nc(C(F)(F)F)cc(C)c2c1N. The second kappa shape index (κ2) is 6.44. The highest BCUT2D eigenvalue weighted by molar-refractivity contribution is 7.21. The number of hydrogen-bond acceptors (Lipinski definition) is 4. The molecule has 0 saturated heterocycles. The van der Waals surface area contributed by atoms with Gasteiger partial charge in [-0.15, -0.1) is 11.3 Å². The van der Waals surface area contributed by atoms with Gasteiger partial charge in [0.05, 0.1) is 5.69 Å². The Balaban J connectivity index is 2.05. The molecule has 2 heterocycles. The number of pyridine rings is 1. The molecule has 0 unspecified atom stereocenters. The van der Waals surface area contributed by atoms with Crippen molar-refractivity contribution in [3.63, 3.8) is 0 Å². The molecular weight excluding hydrogens is 387 g/mol. The molecule has 1 amide bonds. The lowest BCUT2D eigenvalue weighted by atomic mass is 10.1.